The first-order valence-electron chi connectivity index (χ1n) is 4.00. The molecule has 6 heteroatoms. The molecule has 0 aromatic carbocycles. The second-order valence-electron chi connectivity index (χ2n) is 2.76. The minimum absolute atomic E-state index is 0.228. The minimum atomic E-state index is -3.02. The minimum Gasteiger partial charge on any atom is -0.272 e. The molecule has 0 aliphatic carbocycles. The molecule has 1 rings (SSSR count). The van der Waals surface area contributed by atoms with E-state index in [4.69, 9.17) is 0 Å². The molecule has 0 amide bonds. The Balaban J connectivity index is 2.48. The van der Waals surface area contributed by atoms with Crippen molar-refractivity contribution in [3.63, 3.8) is 0 Å². The third kappa shape index (κ3) is 2.17. The van der Waals surface area contributed by atoms with E-state index in [0.717, 1.165) is 6.42 Å². The van der Waals surface area contributed by atoms with Crippen molar-refractivity contribution in [2.24, 2.45) is 10.3 Å². The number of sulfone groups is 1. The van der Waals surface area contributed by atoms with Gasteiger partial charge < -0.3 is 0 Å². The maximum atomic E-state index is 11.4. The Morgan fingerprint density at radius 1 is 1.58 bits per heavy atom. The number of hydrogen-bond donors (Lipinski definition) is 1. The summed E-state index contributed by atoms with van der Waals surface area (Å²) in [5.41, 5.74) is 2.48. The Hall–Kier alpha value is -0.650. The number of nitrogens with zero attached hydrogens (tertiary/aromatic N) is 2. The lowest BCUT2D eigenvalue weighted by Crippen LogP contribution is -2.34. The van der Waals surface area contributed by atoms with Gasteiger partial charge >= 0.3 is 0 Å². The van der Waals surface area contributed by atoms with E-state index < -0.39 is 15.2 Å². The molecule has 1 heterocycles. The largest absolute Gasteiger partial charge is 0.272 e. The fraction of sp³-hybridized carbons (Fsp3) is 1.00. The predicted octanol–water partition coefficient (Wildman–Crippen LogP) is 0.498. The van der Waals surface area contributed by atoms with Crippen LogP contribution in [-0.2, 0) is 9.84 Å². The van der Waals surface area contributed by atoms with Crippen molar-refractivity contribution >= 4 is 9.84 Å². The molecule has 0 spiro atoms. The van der Waals surface area contributed by atoms with Crippen LogP contribution in [0.4, 0.5) is 0 Å². The highest BCUT2D eigenvalue weighted by molar-refractivity contribution is 7.92. The van der Waals surface area contributed by atoms with E-state index in [9.17, 15) is 8.42 Å². The number of nitrogens with one attached hydrogen (secondary N) is 1. The van der Waals surface area contributed by atoms with Crippen molar-refractivity contribution in [1.29, 1.82) is 0 Å². The zero-order chi connectivity index (χ0) is 9.03. The molecule has 70 valence electrons. The second-order valence-corrected chi connectivity index (χ2v) is 5.07. The van der Waals surface area contributed by atoms with E-state index in [1.54, 1.807) is 0 Å². The van der Waals surface area contributed by atoms with Crippen LogP contribution in [0.2, 0.25) is 0 Å². The lowest BCUT2D eigenvalue weighted by molar-refractivity contribution is 0.568. The SMILES string of the molecule is CCCCS(=O)(=O)C1CN=NN1. The monoisotopic (exact) mass is 191 g/mol. The van der Waals surface area contributed by atoms with Crippen molar-refractivity contribution in [1.82, 2.24) is 5.43 Å². The lowest BCUT2D eigenvalue weighted by atomic mass is 10.4. The zero-order valence-electron chi connectivity index (χ0n) is 7.02. The van der Waals surface area contributed by atoms with Crippen LogP contribution >= 0.6 is 0 Å². The highest BCUT2D eigenvalue weighted by atomic mass is 32.2. The van der Waals surface area contributed by atoms with Gasteiger partial charge in [-0.1, -0.05) is 18.6 Å². The fourth-order valence-electron chi connectivity index (χ4n) is 0.943. The molecule has 0 radical (unpaired) electrons. The molecule has 0 fully saturated rings. The van der Waals surface area contributed by atoms with Crippen LogP contribution in [0.15, 0.2) is 10.3 Å². The van der Waals surface area contributed by atoms with E-state index in [1.807, 2.05) is 6.92 Å². The summed E-state index contributed by atoms with van der Waals surface area (Å²) < 4.78 is 22.8. The summed E-state index contributed by atoms with van der Waals surface area (Å²) in [5, 5.41) is 6.43. The maximum absolute atomic E-state index is 11.4. The highest BCUT2D eigenvalue weighted by Crippen LogP contribution is 2.07. The second kappa shape index (κ2) is 3.84. The van der Waals surface area contributed by atoms with Crippen LogP contribution in [0, 0.1) is 0 Å². The number of rotatable bonds is 4. The van der Waals surface area contributed by atoms with Crippen molar-refractivity contribution in [3.05, 3.63) is 0 Å². The fourth-order valence-corrected chi connectivity index (χ4v) is 2.42. The van der Waals surface area contributed by atoms with Crippen molar-refractivity contribution in [2.45, 2.75) is 25.1 Å². The van der Waals surface area contributed by atoms with E-state index >= 15 is 0 Å². The molecule has 5 nitrogen and oxygen atoms in total. The zero-order valence-corrected chi connectivity index (χ0v) is 7.84. The first kappa shape index (κ1) is 9.44. The first-order chi connectivity index (χ1) is 5.67. The smallest absolute Gasteiger partial charge is 0.174 e. The Morgan fingerprint density at radius 3 is 2.83 bits per heavy atom. The summed E-state index contributed by atoms with van der Waals surface area (Å²) in [6, 6.07) is 0. The quantitative estimate of drug-likeness (QED) is 0.703. The third-order valence-electron chi connectivity index (χ3n) is 1.74. The molecular formula is C6H13N3O2S. The standard InChI is InChI=1S/C6H13N3O2S/c1-2-3-4-12(10,11)6-5-7-9-8-6/h6H,2-5H2,1H3,(H,7,8). The van der Waals surface area contributed by atoms with Gasteiger partial charge in [0.25, 0.3) is 0 Å². The predicted molar refractivity (Wildman–Crippen MR) is 45.3 cm³/mol. The summed E-state index contributed by atoms with van der Waals surface area (Å²) in [6.07, 6.45) is 1.60. The number of hydrogen-bond acceptors (Lipinski definition) is 5. The van der Waals surface area contributed by atoms with Crippen LogP contribution in [0.1, 0.15) is 19.8 Å². The van der Waals surface area contributed by atoms with Crippen LogP contribution in [0.3, 0.4) is 0 Å². The van der Waals surface area contributed by atoms with Crippen LogP contribution in [0.25, 0.3) is 0 Å². The van der Waals surface area contributed by atoms with Gasteiger partial charge in [0, 0.05) is 0 Å². The molecule has 0 saturated carbocycles. The summed E-state index contributed by atoms with van der Waals surface area (Å²) in [5.74, 6) is 0.228. The highest BCUT2D eigenvalue weighted by Gasteiger charge is 2.26. The summed E-state index contributed by atoms with van der Waals surface area (Å²) in [7, 11) is -3.02. The summed E-state index contributed by atoms with van der Waals surface area (Å²) >= 11 is 0. The molecule has 1 aliphatic heterocycles. The van der Waals surface area contributed by atoms with Crippen LogP contribution < -0.4 is 5.43 Å². The van der Waals surface area contributed by atoms with Gasteiger partial charge in [0.15, 0.2) is 15.2 Å². The molecule has 0 bridgehead atoms. The normalized spacial score (nSPS) is 22.6. The summed E-state index contributed by atoms with van der Waals surface area (Å²) in [6.45, 7) is 2.22. The topological polar surface area (TPSA) is 70.9 Å². The van der Waals surface area contributed by atoms with Gasteiger partial charge in [0.2, 0.25) is 0 Å². The van der Waals surface area contributed by atoms with E-state index in [1.165, 1.54) is 0 Å². The van der Waals surface area contributed by atoms with E-state index in [2.05, 4.69) is 15.8 Å². The van der Waals surface area contributed by atoms with Crippen LogP contribution in [-0.4, -0.2) is 26.1 Å². The molecule has 12 heavy (non-hydrogen) atoms. The third-order valence-corrected chi connectivity index (χ3v) is 3.71. The Bertz CT molecular complexity index is 252. The summed E-state index contributed by atoms with van der Waals surface area (Å²) in [4.78, 5) is 0. The van der Waals surface area contributed by atoms with Gasteiger partial charge in [0.05, 0.1) is 12.3 Å². The van der Waals surface area contributed by atoms with E-state index in [-0.39, 0.29) is 12.3 Å². The average molecular weight is 191 g/mol. The molecule has 1 aliphatic rings. The molecule has 0 aromatic rings. The van der Waals surface area contributed by atoms with Gasteiger partial charge in [-0.2, -0.15) is 5.11 Å². The Kier molecular flexibility index (Phi) is 3.02. The van der Waals surface area contributed by atoms with Crippen molar-refractivity contribution < 1.29 is 8.42 Å². The molecule has 1 N–H and O–H groups in total. The number of unbranched alkanes of at least 4 members (excludes halogenated alkanes) is 1. The Labute approximate surface area is 72.2 Å². The molecule has 1 unspecified atom stereocenters. The lowest BCUT2D eigenvalue weighted by Gasteiger charge is -2.08. The first-order valence-corrected chi connectivity index (χ1v) is 5.72. The van der Waals surface area contributed by atoms with Gasteiger partial charge in [0.1, 0.15) is 0 Å². The van der Waals surface area contributed by atoms with Crippen molar-refractivity contribution in [2.75, 3.05) is 12.3 Å². The van der Waals surface area contributed by atoms with E-state index in [0.29, 0.717) is 6.42 Å². The van der Waals surface area contributed by atoms with Crippen molar-refractivity contribution in [3.8, 4) is 0 Å². The molecule has 0 saturated heterocycles. The molecule has 0 aromatic heterocycles. The average Bonchev–Trinajstić information content (AvgIpc) is 2.53. The van der Waals surface area contributed by atoms with Gasteiger partial charge in [-0.15, -0.1) is 0 Å². The van der Waals surface area contributed by atoms with Crippen LogP contribution in [0.5, 0.6) is 0 Å². The maximum Gasteiger partial charge on any atom is 0.174 e. The van der Waals surface area contributed by atoms with Gasteiger partial charge in [-0.25, -0.2) is 8.42 Å². The molecule has 1 atom stereocenters. The molecular weight excluding hydrogens is 178 g/mol. The van der Waals surface area contributed by atoms with Gasteiger partial charge in [-0.3, -0.25) is 5.43 Å². The Morgan fingerprint density at radius 2 is 2.33 bits per heavy atom. The van der Waals surface area contributed by atoms with Gasteiger partial charge in [-0.05, 0) is 6.42 Å².